The highest BCUT2D eigenvalue weighted by atomic mass is 15.1. The molecular weight excluding hydrogens is 222 g/mol. The van der Waals surface area contributed by atoms with Crippen molar-refractivity contribution in [2.75, 3.05) is 19.6 Å². The van der Waals surface area contributed by atoms with Crippen molar-refractivity contribution in [3.8, 4) is 0 Å². The molecule has 0 aliphatic heterocycles. The van der Waals surface area contributed by atoms with Gasteiger partial charge in [0.15, 0.2) is 0 Å². The van der Waals surface area contributed by atoms with Gasteiger partial charge in [-0.1, -0.05) is 13.8 Å². The van der Waals surface area contributed by atoms with Crippen molar-refractivity contribution in [1.29, 1.82) is 0 Å². The van der Waals surface area contributed by atoms with Crippen molar-refractivity contribution in [3.63, 3.8) is 0 Å². The maximum absolute atomic E-state index is 4.06. The smallest absolute Gasteiger partial charge is 0.0271 e. The van der Waals surface area contributed by atoms with Crippen molar-refractivity contribution < 1.29 is 0 Å². The molecule has 0 aromatic carbocycles. The predicted molar refractivity (Wildman–Crippen MR) is 77.6 cm³/mol. The first-order chi connectivity index (χ1) is 8.76. The molecule has 1 aromatic heterocycles. The van der Waals surface area contributed by atoms with Gasteiger partial charge in [-0.05, 0) is 57.1 Å². The van der Waals surface area contributed by atoms with Crippen LogP contribution in [0, 0.1) is 0 Å². The van der Waals surface area contributed by atoms with Gasteiger partial charge in [0.25, 0.3) is 0 Å². The first-order valence-corrected chi connectivity index (χ1v) is 7.10. The highest BCUT2D eigenvalue weighted by Crippen LogP contribution is 2.05. The number of pyridine rings is 1. The second kappa shape index (κ2) is 9.06. The van der Waals surface area contributed by atoms with E-state index in [1.807, 2.05) is 12.4 Å². The van der Waals surface area contributed by atoms with Crippen LogP contribution in [0.1, 0.15) is 39.2 Å². The van der Waals surface area contributed by atoms with E-state index in [9.17, 15) is 0 Å². The standard InChI is InChI=1S/C15H27N3/c1-4-17-14(3)7-6-12-18(5-2)13-15-8-10-16-11-9-15/h8-11,14,17H,4-7,12-13H2,1-3H3. The summed E-state index contributed by atoms with van der Waals surface area (Å²) in [4.78, 5) is 6.55. The molecule has 1 rings (SSSR count). The van der Waals surface area contributed by atoms with E-state index < -0.39 is 0 Å². The minimum absolute atomic E-state index is 0.634. The lowest BCUT2D eigenvalue weighted by Crippen LogP contribution is -2.28. The molecule has 0 fully saturated rings. The monoisotopic (exact) mass is 249 g/mol. The Morgan fingerprint density at radius 1 is 1.28 bits per heavy atom. The first kappa shape index (κ1) is 15.1. The third-order valence-corrected chi connectivity index (χ3v) is 3.27. The molecule has 18 heavy (non-hydrogen) atoms. The summed E-state index contributed by atoms with van der Waals surface area (Å²) in [6.07, 6.45) is 6.25. The Kier molecular flexibility index (Phi) is 7.62. The molecule has 0 saturated carbocycles. The summed E-state index contributed by atoms with van der Waals surface area (Å²) in [5, 5.41) is 3.46. The Balaban J connectivity index is 2.25. The summed E-state index contributed by atoms with van der Waals surface area (Å²) in [6, 6.07) is 4.84. The minimum Gasteiger partial charge on any atom is -0.315 e. The Morgan fingerprint density at radius 3 is 2.61 bits per heavy atom. The summed E-state index contributed by atoms with van der Waals surface area (Å²) in [7, 11) is 0. The van der Waals surface area contributed by atoms with Crippen LogP contribution in [0.5, 0.6) is 0 Å². The van der Waals surface area contributed by atoms with Crippen LogP contribution in [-0.4, -0.2) is 35.6 Å². The molecule has 1 heterocycles. The fraction of sp³-hybridized carbons (Fsp3) is 0.667. The number of nitrogens with zero attached hydrogens (tertiary/aromatic N) is 2. The summed E-state index contributed by atoms with van der Waals surface area (Å²) in [5.41, 5.74) is 1.35. The van der Waals surface area contributed by atoms with Crippen LogP contribution < -0.4 is 5.32 Å². The number of nitrogens with one attached hydrogen (secondary N) is 1. The van der Waals surface area contributed by atoms with Crippen LogP contribution in [-0.2, 0) is 6.54 Å². The van der Waals surface area contributed by atoms with Crippen molar-refractivity contribution in [1.82, 2.24) is 15.2 Å². The van der Waals surface area contributed by atoms with Crippen LogP contribution in [0.2, 0.25) is 0 Å². The highest BCUT2D eigenvalue weighted by Gasteiger charge is 2.05. The SMILES string of the molecule is CCNC(C)CCCN(CC)Cc1ccncc1. The van der Waals surface area contributed by atoms with Gasteiger partial charge in [0.05, 0.1) is 0 Å². The Bertz CT molecular complexity index is 300. The van der Waals surface area contributed by atoms with Crippen LogP contribution in [0.4, 0.5) is 0 Å². The molecular formula is C15H27N3. The van der Waals surface area contributed by atoms with E-state index in [2.05, 4.69) is 48.1 Å². The molecule has 0 spiro atoms. The molecule has 0 radical (unpaired) electrons. The van der Waals surface area contributed by atoms with E-state index in [1.165, 1.54) is 24.9 Å². The van der Waals surface area contributed by atoms with Gasteiger partial charge in [-0.2, -0.15) is 0 Å². The molecule has 0 aliphatic carbocycles. The van der Waals surface area contributed by atoms with E-state index in [0.717, 1.165) is 19.6 Å². The minimum atomic E-state index is 0.634. The largest absolute Gasteiger partial charge is 0.315 e. The van der Waals surface area contributed by atoms with E-state index >= 15 is 0 Å². The molecule has 3 heteroatoms. The van der Waals surface area contributed by atoms with Gasteiger partial charge >= 0.3 is 0 Å². The molecule has 1 atom stereocenters. The Hall–Kier alpha value is -0.930. The average molecular weight is 249 g/mol. The maximum atomic E-state index is 4.06. The van der Waals surface area contributed by atoms with Gasteiger partial charge < -0.3 is 5.32 Å². The molecule has 1 aromatic rings. The van der Waals surface area contributed by atoms with E-state index in [1.54, 1.807) is 0 Å². The maximum Gasteiger partial charge on any atom is 0.0271 e. The first-order valence-electron chi connectivity index (χ1n) is 7.10. The van der Waals surface area contributed by atoms with Crippen molar-refractivity contribution in [3.05, 3.63) is 30.1 Å². The fourth-order valence-electron chi connectivity index (χ4n) is 2.17. The lowest BCUT2D eigenvalue weighted by Gasteiger charge is -2.21. The molecule has 0 saturated heterocycles. The lowest BCUT2D eigenvalue weighted by molar-refractivity contribution is 0.269. The molecule has 0 aliphatic rings. The topological polar surface area (TPSA) is 28.2 Å². The Labute approximate surface area is 112 Å². The van der Waals surface area contributed by atoms with E-state index in [-0.39, 0.29) is 0 Å². The van der Waals surface area contributed by atoms with Gasteiger partial charge in [-0.15, -0.1) is 0 Å². The number of rotatable bonds is 9. The zero-order valence-electron chi connectivity index (χ0n) is 12.0. The van der Waals surface area contributed by atoms with Gasteiger partial charge in [-0.3, -0.25) is 9.88 Å². The normalized spacial score (nSPS) is 12.9. The Morgan fingerprint density at radius 2 is 2.00 bits per heavy atom. The van der Waals surface area contributed by atoms with Crippen molar-refractivity contribution in [2.45, 2.75) is 46.2 Å². The molecule has 1 N–H and O–H groups in total. The third kappa shape index (κ3) is 6.12. The lowest BCUT2D eigenvalue weighted by atomic mass is 10.1. The van der Waals surface area contributed by atoms with Crippen LogP contribution in [0.15, 0.2) is 24.5 Å². The quantitative estimate of drug-likeness (QED) is 0.729. The van der Waals surface area contributed by atoms with Gasteiger partial charge in [0.2, 0.25) is 0 Å². The van der Waals surface area contributed by atoms with Crippen LogP contribution in [0.3, 0.4) is 0 Å². The molecule has 102 valence electrons. The number of hydrogen-bond donors (Lipinski definition) is 1. The molecule has 1 unspecified atom stereocenters. The van der Waals surface area contributed by atoms with Crippen molar-refractivity contribution >= 4 is 0 Å². The summed E-state index contributed by atoms with van der Waals surface area (Å²) < 4.78 is 0. The molecule has 0 amide bonds. The van der Waals surface area contributed by atoms with E-state index in [4.69, 9.17) is 0 Å². The second-order valence-corrected chi connectivity index (χ2v) is 4.83. The van der Waals surface area contributed by atoms with Crippen LogP contribution >= 0.6 is 0 Å². The van der Waals surface area contributed by atoms with Crippen LogP contribution in [0.25, 0.3) is 0 Å². The average Bonchev–Trinajstić information content (AvgIpc) is 2.39. The number of hydrogen-bond acceptors (Lipinski definition) is 3. The van der Waals surface area contributed by atoms with Crippen molar-refractivity contribution in [2.24, 2.45) is 0 Å². The predicted octanol–water partition coefficient (Wildman–Crippen LogP) is 2.68. The van der Waals surface area contributed by atoms with Gasteiger partial charge in [0.1, 0.15) is 0 Å². The van der Waals surface area contributed by atoms with Gasteiger partial charge in [0, 0.05) is 25.0 Å². The fourth-order valence-corrected chi connectivity index (χ4v) is 2.17. The third-order valence-electron chi connectivity index (χ3n) is 3.27. The number of aromatic nitrogens is 1. The molecule has 0 bridgehead atoms. The summed E-state index contributed by atoms with van der Waals surface area (Å²) in [5.74, 6) is 0. The van der Waals surface area contributed by atoms with Gasteiger partial charge in [-0.25, -0.2) is 0 Å². The molecule has 3 nitrogen and oxygen atoms in total. The zero-order chi connectivity index (χ0) is 13.2. The highest BCUT2D eigenvalue weighted by molar-refractivity contribution is 5.09. The summed E-state index contributed by atoms with van der Waals surface area (Å²) in [6.45, 7) is 11.0. The second-order valence-electron chi connectivity index (χ2n) is 4.83. The van der Waals surface area contributed by atoms with E-state index in [0.29, 0.717) is 6.04 Å². The zero-order valence-corrected chi connectivity index (χ0v) is 12.0. The summed E-state index contributed by atoms with van der Waals surface area (Å²) >= 11 is 0.